The maximum absolute atomic E-state index is 5.63. The molecule has 1 nitrogen and oxygen atoms in total. The standard InChI is InChI=1S/C8H5BrClN/c9-4-1-2-7-3-5-11-8(10)6-7/h3,5-6H,4H2. The van der Waals surface area contributed by atoms with Gasteiger partial charge in [0, 0.05) is 11.8 Å². The number of halogens is 2. The summed E-state index contributed by atoms with van der Waals surface area (Å²) in [6.07, 6.45) is 1.64. The molecule has 0 aliphatic heterocycles. The molecular formula is C8H5BrClN. The lowest BCUT2D eigenvalue weighted by Gasteiger charge is -1.88. The van der Waals surface area contributed by atoms with Crippen LogP contribution in [-0.4, -0.2) is 10.3 Å². The minimum Gasteiger partial charge on any atom is -0.244 e. The number of hydrogen-bond acceptors (Lipinski definition) is 1. The van der Waals surface area contributed by atoms with Crippen LogP contribution in [-0.2, 0) is 0 Å². The van der Waals surface area contributed by atoms with E-state index in [0.29, 0.717) is 10.5 Å². The average molecular weight is 230 g/mol. The lowest BCUT2D eigenvalue weighted by atomic mass is 10.3. The minimum absolute atomic E-state index is 0.478. The van der Waals surface area contributed by atoms with Crippen LogP contribution < -0.4 is 0 Å². The van der Waals surface area contributed by atoms with Gasteiger partial charge in [0.25, 0.3) is 0 Å². The summed E-state index contributed by atoms with van der Waals surface area (Å²) in [5, 5.41) is 1.15. The molecule has 0 aliphatic rings. The lowest BCUT2D eigenvalue weighted by Crippen LogP contribution is -1.77. The summed E-state index contributed by atoms with van der Waals surface area (Å²) in [6, 6.07) is 3.55. The Hall–Kier alpha value is -0.520. The molecule has 0 atom stereocenters. The van der Waals surface area contributed by atoms with Gasteiger partial charge in [0.05, 0.1) is 5.33 Å². The van der Waals surface area contributed by atoms with Gasteiger partial charge in [-0.15, -0.1) is 0 Å². The summed E-state index contributed by atoms with van der Waals surface area (Å²) in [4.78, 5) is 3.83. The van der Waals surface area contributed by atoms with Gasteiger partial charge in [-0.3, -0.25) is 0 Å². The molecule has 0 N–H and O–H groups in total. The molecule has 1 aromatic heterocycles. The maximum Gasteiger partial charge on any atom is 0.130 e. The second-order valence-corrected chi connectivity index (χ2v) is 2.75. The SMILES string of the molecule is Clc1cc(C#CCBr)ccn1. The molecule has 0 saturated heterocycles. The molecule has 56 valence electrons. The second kappa shape index (κ2) is 4.38. The van der Waals surface area contributed by atoms with Crippen molar-refractivity contribution < 1.29 is 0 Å². The van der Waals surface area contributed by atoms with Gasteiger partial charge in [0.1, 0.15) is 5.15 Å². The molecule has 11 heavy (non-hydrogen) atoms. The number of rotatable bonds is 0. The Labute approximate surface area is 78.9 Å². The highest BCUT2D eigenvalue weighted by atomic mass is 79.9. The summed E-state index contributed by atoms with van der Waals surface area (Å²) >= 11 is 8.84. The Morgan fingerprint density at radius 1 is 1.64 bits per heavy atom. The van der Waals surface area contributed by atoms with Crippen LogP contribution in [0.4, 0.5) is 0 Å². The molecule has 0 bridgehead atoms. The first-order valence-electron chi connectivity index (χ1n) is 2.99. The minimum atomic E-state index is 0.478. The Morgan fingerprint density at radius 2 is 2.45 bits per heavy atom. The predicted molar refractivity (Wildman–Crippen MR) is 49.9 cm³/mol. The molecule has 0 unspecified atom stereocenters. The van der Waals surface area contributed by atoms with Gasteiger partial charge in [-0.1, -0.05) is 39.4 Å². The van der Waals surface area contributed by atoms with Crippen LogP contribution in [0, 0.1) is 11.8 Å². The van der Waals surface area contributed by atoms with E-state index < -0.39 is 0 Å². The van der Waals surface area contributed by atoms with E-state index in [1.807, 2.05) is 6.07 Å². The number of hydrogen-bond donors (Lipinski definition) is 0. The summed E-state index contributed by atoms with van der Waals surface area (Å²) in [5.74, 6) is 5.79. The topological polar surface area (TPSA) is 12.9 Å². The van der Waals surface area contributed by atoms with Crippen LogP contribution in [0.5, 0.6) is 0 Å². The largest absolute Gasteiger partial charge is 0.244 e. The summed E-state index contributed by atoms with van der Waals surface area (Å²) in [5.41, 5.74) is 0.893. The van der Waals surface area contributed by atoms with E-state index in [9.17, 15) is 0 Å². The van der Waals surface area contributed by atoms with Crippen molar-refractivity contribution in [3.05, 3.63) is 29.0 Å². The van der Waals surface area contributed by atoms with Gasteiger partial charge < -0.3 is 0 Å². The molecule has 0 aromatic carbocycles. The van der Waals surface area contributed by atoms with Crippen molar-refractivity contribution in [2.45, 2.75) is 0 Å². The Morgan fingerprint density at radius 3 is 3.09 bits per heavy atom. The zero-order valence-electron chi connectivity index (χ0n) is 5.64. The third-order valence-electron chi connectivity index (χ3n) is 1.03. The highest BCUT2D eigenvalue weighted by Gasteiger charge is 1.88. The van der Waals surface area contributed by atoms with Gasteiger partial charge in [-0.25, -0.2) is 4.98 Å². The highest BCUT2D eigenvalue weighted by molar-refractivity contribution is 9.09. The highest BCUT2D eigenvalue weighted by Crippen LogP contribution is 2.05. The zero-order valence-corrected chi connectivity index (χ0v) is 7.98. The van der Waals surface area contributed by atoms with Crippen molar-refractivity contribution in [2.75, 3.05) is 5.33 Å². The van der Waals surface area contributed by atoms with E-state index in [-0.39, 0.29) is 0 Å². The predicted octanol–water partition coefficient (Wildman–Crippen LogP) is 2.48. The van der Waals surface area contributed by atoms with Crippen LogP contribution in [0.1, 0.15) is 5.56 Å². The molecule has 1 rings (SSSR count). The van der Waals surface area contributed by atoms with E-state index in [0.717, 1.165) is 5.56 Å². The smallest absolute Gasteiger partial charge is 0.130 e. The molecule has 0 radical (unpaired) electrons. The molecule has 0 aliphatic carbocycles. The number of nitrogens with zero attached hydrogens (tertiary/aromatic N) is 1. The molecular weight excluding hydrogens is 225 g/mol. The zero-order chi connectivity index (χ0) is 8.10. The average Bonchev–Trinajstić information content (AvgIpc) is 2.01. The van der Waals surface area contributed by atoms with Crippen LogP contribution in [0.3, 0.4) is 0 Å². The van der Waals surface area contributed by atoms with Crippen LogP contribution >= 0.6 is 27.5 Å². The Bertz CT molecular complexity index is 300. The molecule has 0 fully saturated rings. The third-order valence-corrected chi connectivity index (χ3v) is 1.51. The summed E-state index contributed by atoms with van der Waals surface area (Å²) in [7, 11) is 0. The van der Waals surface area contributed by atoms with E-state index in [2.05, 4.69) is 32.8 Å². The molecule has 1 heterocycles. The van der Waals surface area contributed by atoms with E-state index in [1.165, 1.54) is 0 Å². The number of aromatic nitrogens is 1. The van der Waals surface area contributed by atoms with Gasteiger partial charge in [0.2, 0.25) is 0 Å². The van der Waals surface area contributed by atoms with Gasteiger partial charge >= 0.3 is 0 Å². The molecule has 0 amide bonds. The van der Waals surface area contributed by atoms with E-state index in [4.69, 9.17) is 11.6 Å². The fourth-order valence-corrected chi connectivity index (χ4v) is 0.930. The third kappa shape index (κ3) is 2.92. The fourth-order valence-electron chi connectivity index (χ4n) is 0.616. The Kier molecular flexibility index (Phi) is 3.41. The van der Waals surface area contributed by atoms with E-state index >= 15 is 0 Å². The Balaban J connectivity index is 2.87. The van der Waals surface area contributed by atoms with Crippen molar-refractivity contribution in [2.24, 2.45) is 0 Å². The van der Waals surface area contributed by atoms with Crippen LogP contribution in [0.2, 0.25) is 5.15 Å². The molecule has 1 aromatic rings. The second-order valence-electron chi connectivity index (χ2n) is 1.80. The van der Waals surface area contributed by atoms with Crippen molar-refractivity contribution in [1.82, 2.24) is 4.98 Å². The van der Waals surface area contributed by atoms with Crippen molar-refractivity contribution >= 4 is 27.5 Å². The first kappa shape index (κ1) is 8.58. The van der Waals surface area contributed by atoms with Crippen molar-refractivity contribution in [1.29, 1.82) is 0 Å². The first-order valence-corrected chi connectivity index (χ1v) is 4.49. The van der Waals surface area contributed by atoms with Crippen molar-refractivity contribution in [3.63, 3.8) is 0 Å². The number of pyridine rings is 1. The first-order chi connectivity index (χ1) is 5.33. The van der Waals surface area contributed by atoms with Crippen LogP contribution in [0.15, 0.2) is 18.3 Å². The monoisotopic (exact) mass is 229 g/mol. The van der Waals surface area contributed by atoms with Gasteiger partial charge in [-0.2, -0.15) is 0 Å². The fraction of sp³-hybridized carbons (Fsp3) is 0.125. The van der Waals surface area contributed by atoms with Crippen LogP contribution in [0.25, 0.3) is 0 Å². The van der Waals surface area contributed by atoms with E-state index in [1.54, 1.807) is 12.3 Å². The summed E-state index contributed by atoms with van der Waals surface area (Å²) in [6.45, 7) is 0. The van der Waals surface area contributed by atoms with Gasteiger partial charge in [0.15, 0.2) is 0 Å². The summed E-state index contributed by atoms with van der Waals surface area (Å²) < 4.78 is 0. The normalized spacial score (nSPS) is 8.55. The molecule has 0 saturated carbocycles. The maximum atomic E-state index is 5.63. The molecule has 0 spiro atoms. The molecule has 3 heteroatoms. The number of alkyl halides is 1. The van der Waals surface area contributed by atoms with Crippen molar-refractivity contribution in [3.8, 4) is 11.8 Å². The lowest BCUT2D eigenvalue weighted by molar-refractivity contribution is 1.32. The van der Waals surface area contributed by atoms with Gasteiger partial charge in [-0.05, 0) is 12.1 Å². The quantitative estimate of drug-likeness (QED) is 0.379.